The second-order valence-corrected chi connectivity index (χ2v) is 5.20. The molecule has 1 saturated heterocycles. The minimum atomic E-state index is -0.590. The molecule has 1 aliphatic rings. The van der Waals surface area contributed by atoms with E-state index in [0.29, 0.717) is 26.2 Å². The highest BCUT2D eigenvalue weighted by molar-refractivity contribution is 5.68. The van der Waals surface area contributed by atoms with Crippen LogP contribution in [0, 0.1) is 0 Å². The van der Waals surface area contributed by atoms with Gasteiger partial charge in [-0.05, 0) is 18.4 Å². The number of amides is 1. The van der Waals surface area contributed by atoms with Gasteiger partial charge in [0.25, 0.3) is 0 Å². The number of aliphatic hydroxyl groups is 1. The second-order valence-electron chi connectivity index (χ2n) is 5.20. The summed E-state index contributed by atoms with van der Waals surface area (Å²) in [5, 5.41) is 10.1. The van der Waals surface area contributed by atoms with Gasteiger partial charge in [-0.2, -0.15) is 0 Å². The van der Waals surface area contributed by atoms with E-state index in [1.54, 1.807) is 4.90 Å². The van der Waals surface area contributed by atoms with Crippen molar-refractivity contribution in [1.29, 1.82) is 0 Å². The lowest BCUT2D eigenvalue weighted by molar-refractivity contribution is 0.00607. The van der Waals surface area contributed by atoms with Crippen LogP contribution >= 0.6 is 0 Å². The first kappa shape index (κ1) is 15.8. The van der Waals surface area contributed by atoms with E-state index >= 15 is 0 Å². The SMILES string of the molecule is CCC(O)[C@@H]1COCCCN1C(=O)OCc1ccccc1. The molecule has 1 N–H and O–H groups in total. The van der Waals surface area contributed by atoms with Gasteiger partial charge >= 0.3 is 6.09 Å². The van der Waals surface area contributed by atoms with Gasteiger partial charge in [0.1, 0.15) is 6.61 Å². The summed E-state index contributed by atoms with van der Waals surface area (Å²) in [5.74, 6) is 0. The maximum Gasteiger partial charge on any atom is 0.410 e. The summed E-state index contributed by atoms with van der Waals surface area (Å²) in [6.07, 6.45) is 0.360. The highest BCUT2D eigenvalue weighted by atomic mass is 16.6. The molecule has 0 radical (unpaired) electrons. The minimum Gasteiger partial charge on any atom is -0.445 e. The van der Waals surface area contributed by atoms with Gasteiger partial charge in [-0.1, -0.05) is 37.3 Å². The van der Waals surface area contributed by atoms with Crippen molar-refractivity contribution in [2.45, 2.75) is 38.5 Å². The first-order chi connectivity index (χ1) is 10.2. The van der Waals surface area contributed by atoms with Gasteiger partial charge in [0, 0.05) is 13.2 Å². The van der Waals surface area contributed by atoms with Gasteiger partial charge in [-0.25, -0.2) is 4.79 Å². The highest BCUT2D eigenvalue weighted by Crippen LogP contribution is 2.15. The van der Waals surface area contributed by atoms with Crippen molar-refractivity contribution in [2.75, 3.05) is 19.8 Å². The van der Waals surface area contributed by atoms with Crippen LogP contribution in [0.15, 0.2) is 30.3 Å². The fourth-order valence-corrected chi connectivity index (χ4v) is 2.42. The normalized spacial score (nSPS) is 20.7. The molecular formula is C16H23NO4. The topological polar surface area (TPSA) is 59.0 Å². The molecular weight excluding hydrogens is 270 g/mol. The Morgan fingerprint density at radius 1 is 1.48 bits per heavy atom. The summed E-state index contributed by atoms with van der Waals surface area (Å²) in [7, 11) is 0. The van der Waals surface area contributed by atoms with Crippen molar-refractivity contribution in [2.24, 2.45) is 0 Å². The van der Waals surface area contributed by atoms with Crippen molar-refractivity contribution in [3.8, 4) is 0 Å². The lowest BCUT2D eigenvalue weighted by atomic mass is 10.1. The Balaban J connectivity index is 1.97. The molecule has 1 heterocycles. The van der Waals surface area contributed by atoms with Crippen molar-refractivity contribution in [3.05, 3.63) is 35.9 Å². The summed E-state index contributed by atoms with van der Waals surface area (Å²) < 4.78 is 10.8. The Hall–Kier alpha value is -1.59. The zero-order valence-corrected chi connectivity index (χ0v) is 12.4. The van der Waals surface area contributed by atoms with Crippen LogP contribution in [0.4, 0.5) is 4.79 Å². The summed E-state index contributed by atoms with van der Waals surface area (Å²) in [4.78, 5) is 13.9. The van der Waals surface area contributed by atoms with Gasteiger partial charge < -0.3 is 19.5 Å². The molecule has 0 spiro atoms. The molecule has 2 rings (SSSR count). The Labute approximate surface area is 125 Å². The third-order valence-electron chi connectivity index (χ3n) is 3.68. The molecule has 1 aliphatic heterocycles. The first-order valence-electron chi connectivity index (χ1n) is 7.45. The molecule has 0 aliphatic carbocycles. The largest absolute Gasteiger partial charge is 0.445 e. The molecule has 0 saturated carbocycles. The Morgan fingerprint density at radius 3 is 2.95 bits per heavy atom. The van der Waals surface area contributed by atoms with Crippen molar-refractivity contribution < 1.29 is 19.4 Å². The van der Waals surface area contributed by atoms with Gasteiger partial charge in [0.15, 0.2) is 0 Å². The lowest BCUT2D eigenvalue weighted by Crippen LogP contribution is -2.48. The van der Waals surface area contributed by atoms with Crippen LogP contribution in [0.1, 0.15) is 25.3 Å². The first-order valence-corrected chi connectivity index (χ1v) is 7.45. The van der Waals surface area contributed by atoms with Crippen LogP contribution in [0.3, 0.4) is 0 Å². The third kappa shape index (κ3) is 4.44. The number of ether oxygens (including phenoxy) is 2. The van der Waals surface area contributed by atoms with E-state index in [-0.39, 0.29) is 18.7 Å². The van der Waals surface area contributed by atoms with E-state index in [1.807, 2.05) is 37.3 Å². The lowest BCUT2D eigenvalue weighted by Gasteiger charge is -2.31. The van der Waals surface area contributed by atoms with Gasteiger partial charge in [0.05, 0.1) is 18.8 Å². The standard InChI is InChI=1S/C16H23NO4/c1-2-15(18)14-12-20-10-6-9-17(14)16(19)21-11-13-7-4-3-5-8-13/h3-5,7-8,14-15,18H,2,6,9-12H2,1H3/t14-,15?/m0/s1. The molecule has 1 amide bonds. The van der Waals surface area contributed by atoms with Crippen LogP contribution in [-0.4, -0.2) is 48.0 Å². The summed E-state index contributed by atoms with van der Waals surface area (Å²) in [6, 6.07) is 9.24. The molecule has 5 nitrogen and oxygen atoms in total. The van der Waals surface area contributed by atoms with E-state index < -0.39 is 6.10 Å². The number of carbonyl (C=O) groups excluding carboxylic acids is 1. The molecule has 116 valence electrons. The van der Waals surface area contributed by atoms with Crippen molar-refractivity contribution in [1.82, 2.24) is 4.90 Å². The Bertz CT molecular complexity index is 437. The third-order valence-corrected chi connectivity index (χ3v) is 3.68. The maximum atomic E-state index is 12.3. The molecule has 1 aromatic carbocycles. The molecule has 5 heteroatoms. The number of rotatable bonds is 4. The predicted molar refractivity (Wildman–Crippen MR) is 78.9 cm³/mol. The van der Waals surface area contributed by atoms with Crippen LogP contribution < -0.4 is 0 Å². The number of benzene rings is 1. The number of hydrogen-bond acceptors (Lipinski definition) is 4. The fourth-order valence-electron chi connectivity index (χ4n) is 2.42. The van der Waals surface area contributed by atoms with Gasteiger partial charge in [-0.15, -0.1) is 0 Å². The van der Waals surface area contributed by atoms with Crippen LogP contribution in [-0.2, 0) is 16.1 Å². The molecule has 1 unspecified atom stereocenters. The summed E-state index contributed by atoms with van der Waals surface area (Å²) in [5.41, 5.74) is 0.949. The van der Waals surface area contributed by atoms with E-state index in [0.717, 1.165) is 12.0 Å². The fraction of sp³-hybridized carbons (Fsp3) is 0.562. The summed E-state index contributed by atoms with van der Waals surface area (Å²) >= 11 is 0. The summed E-state index contributed by atoms with van der Waals surface area (Å²) in [6.45, 7) is 3.65. The van der Waals surface area contributed by atoms with E-state index in [4.69, 9.17) is 9.47 Å². The van der Waals surface area contributed by atoms with E-state index in [2.05, 4.69) is 0 Å². The van der Waals surface area contributed by atoms with Crippen LogP contribution in [0.2, 0.25) is 0 Å². The number of hydrogen-bond donors (Lipinski definition) is 1. The number of nitrogens with zero attached hydrogens (tertiary/aromatic N) is 1. The molecule has 21 heavy (non-hydrogen) atoms. The average Bonchev–Trinajstić information content (AvgIpc) is 2.78. The molecule has 1 aromatic rings. The maximum absolute atomic E-state index is 12.3. The molecule has 0 aromatic heterocycles. The average molecular weight is 293 g/mol. The molecule has 2 atom stereocenters. The Kier molecular flexibility index (Phi) is 6.02. The predicted octanol–water partition coefficient (Wildman–Crippen LogP) is 2.19. The van der Waals surface area contributed by atoms with E-state index in [9.17, 15) is 9.90 Å². The van der Waals surface area contributed by atoms with E-state index in [1.165, 1.54) is 0 Å². The van der Waals surface area contributed by atoms with Crippen LogP contribution in [0.5, 0.6) is 0 Å². The number of aliphatic hydroxyl groups excluding tert-OH is 1. The second kappa shape index (κ2) is 8.00. The molecule has 0 bridgehead atoms. The van der Waals surface area contributed by atoms with Gasteiger partial charge in [-0.3, -0.25) is 0 Å². The minimum absolute atomic E-state index is 0.242. The van der Waals surface area contributed by atoms with Gasteiger partial charge in [0.2, 0.25) is 0 Å². The Morgan fingerprint density at radius 2 is 2.24 bits per heavy atom. The zero-order chi connectivity index (χ0) is 15.1. The monoisotopic (exact) mass is 293 g/mol. The number of carbonyl (C=O) groups is 1. The smallest absolute Gasteiger partial charge is 0.410 e. The van der Waals surface area contributed by atoms with Crippen molar-refractivity contribution in [3.63, 3.8) is 0 Å². The van der Waals surface area contributed by atoms with Crippen LogP contribution in [0.25, 0.3) is 0 Å². The quantitative estimate of drug-likeness (QED) is 0.924. The zero-order valence-electron chi connectivity index (χ0n) is 12.4. The molecule has 1 fully saturated rings. The highest BCUT2D eigenvalue weighted by Gasteiger charge is 2.31. The van der Waals surface area contributed by atoms with Crippen molar-refractivity contribution >= 4 is 6.09 Å².